The van der Waals surface area contributed by atoms with Gasteiger partial charge in [-0.1, -0.05) is 18.0 Å². The van der Waals surface area contributed by atoms with Gasteiger partial charge in [-0.25, -0.2) is 4.39 Å². The van der Waals surface area contributed by atoms with Gasteiger partial charge in [0, 0.05) is 19.5 Å². The topological polar surface area (TPSA) is 69.6 Å². The summed E-state index contributed by atoms with van der Waals surface area (Å²) in [5.74, 6) is -2.10. The SMILES string of the molecule is CN(CC1CCCC1O)C(=O)C(=O)Nc1ccc(F)cc1Cl. The van der Waals surface area contributed by atoms with Gasteiger partial charge in [0.2, 0.25) is 0 Å². The third kappa shape index (κ3) is 3.96. The molecule has 5 nitrogen and oxygen atoms in total. The number of hydrogen-bond donors (Lipinski definition) is 2. The molecular formula is C15H18ClFN2O3. The third-order valence-electron chi connectivity index (χ3n) is 3.85. The summed E-state index contributed by atoms with van der Waals surface area (Å²) in [6, 6.07) is 3.49. The Morgan fingerprint density at radius 2 is 2.18 bits per heavy atom. The van der Waals surface area contributed by atoms with E-state index in [1.165, 1.54) is 18.0 Å². The molecule has 0 aromatic heterocycles. The summed E-state index contributed by atoms with van der Waals surface area (Å²) in [7, 11) is 1.51. The van der Waals surface area contributed by atoms with Gasteiger partial charge in [-0.05, 0) is 31.0 Å². The van der Waals surface area contributed by atoms with Crippen LogP contribution in [0.15, 0.2) is 18.2 Å². The van der Waals surface area contributed by atoms with Crippen LogP contribution in [0, 0.1) is 11.7 Å². The summed E-state index contributed by atoms with van der Waals surface area (Å²) >= 11 is 5.80. The van der Waals surface area contributed by atoms with Crippen molar-refractivity contribution in [2.24, 2.45) is 5.92 Å². The van der Waals surface area contributed by atoms with Crippen LogP contribution in [0.3, 0.4) is 0 Å². The standard InChI is InChI=1S/C15H18ClFN2O3/c1-19(8-9-3-2-4-13(9)20)15(22)14(21)18-12-6-5-10(17)7-11(12)16/h5-7,9,13,20H,2-4,8H2,1H3,(H,18,21). The number of hydrogen-bond acceptors (Lipinski definition) is 3. The lowest BCUT2D eigenvalue weighted by molar-refractivity contribution is -0.142. The van der Waals surface area contributed by atoms with E-state index in [9.17, 15) is 19.1 Å². The molecule has 7 heteroatoms. The Labute approximate surface area is 133 Å². The van der Waals surface area contributed by atoms with Crippen molar-refractivity contribution in [3.05, 3.63) is 29.0 Å². The van der Waals surface area contributed by atoms with E-state index in [1.807, 2.05) is 0 Å². The molecule has 22 heavy (non-hydrogen) atoms. The Morgan fingerprint density at radius 3 is 2.77 bits per heavy atom. The maximum absolute atomic E-state index is 12.9. The van der Waals surface area contributed by atoms with Crippen molar-refractivity contribution < 1.29 is 19.1 Å². The first-order chi connectivity index (χ1) is 10.4. The molecule has 0 aliphatic heterocycles. The minimum Gasteiger partial charge on any atom is -0.393 e. The van der Waals surface area contributed by atoms with E-state index < -0.39 is 23.7 Å². The van der Waals surface area contributed by atoms with Crippen LogP contribution in [0.2, 0.25) is 5.02 Å². The number of aliphatic hydroxyl groups is 1. The number of aliphatic hydroxyl groups excluding tert-OH is 1. The van der Waals surface area contributed by atoms with Crippen LogP contribution >= 0.6 is 11.6 Å². The number of carbonyl (C=O) groups excluding carboxylic acids is 2. The van der Waals surface area contributed by atoms with Crippen LogP contribution in [0.5, 0.6) is 0 Å². The summed E-state index contributed by atoms with van der Waals surface area (Å²) in [6.45, 7) is 0.324. The normalized spacial score (nSPS) is 20.7. The molecule has 1 fully saturated rings. The summed E-state index contributed by atoms with van der Waals surface area (Å²) < 4.78 is 12.9. The van der Waals surface area contributed by atoms with Gasteiger partial charge in [0.15, 0.2) is 0 Å². The second-order valence-corrected chi connectivity index (χ2v) is 5.93. The van der Waals surface area contributed by atoms with Gasteiger partial charge in [0.1, 0.15) is 5.82 Å². The molecular weight excluding hydrogens is 311 g/mol. The second-order valence-electron chi connectivity index (χ2n) is 5.52. The lowest BCUT2D eigenvalue weighted by atomic mass is 10.1. The number of nitrogens with zero attached hydrogens (tertiary/aromatic N) is 1. The Balaban J connectivity index is 1.95. The van der Waals surface area contributed by atoms with E-state index in [4.69, 9.17) is 11.6 Å². The van der Waals surface area contributed by atoms with Crippen molar-refractivity contribution in [3.63, 3.8) is 0 Å². The molecule has 1 aromatic rings. The Morgan fingerprint density at radius 1 is 1.45 bits per heavy atom. The fourth-order valence-electron chi connectivity index (χ4n) is 2.60. The fraction of sp³-hybridized carbons (Fsp3) is 0.467. The van der Waals surface area contributed by atoms with Gasteiger partial charge in [-0.2, -0.15) is 0 Å². The molecule has 2 rings (SSSR count). The molecule has 2 unspecified atom stereocenters. The zero-order valence-corrected chi connectivity index (χ0v) is 12.9. The highest BCUT2D eigenvalue weighted by Gasteiger charge is 2.29. The molecule has 0 heterocycles. The molecule has 1 saturated carbocycles. The van der Waals surface area contributed by atoms with Gasteiger partial charge >= 0.3 is 11.8 Å². The largest absolute Gasteiger partial charge is 0.393 e. The van der Waals surface area contributed by atoms with Crippen molar-refractivity contribution >= 4 is 29.1 Å². The van der Waals surface area contributed by atoms with Crippen molar-refractivity contribution in [1.82, 2.24) is 4.90 Å². The van der Waals surface area contributed by atoms with Crippen molar-refractivity contribution in [1.29, 1.82) is 0 Å². The summed E-state index contributed by atoms with van der Waals surface area (Å²) in [4.78, 5) is 25.2. The average molecular weight is 329 g/mol. The average Bonchev–Trinajstić information content (AvgIpc) is 2.86. The highest BCUT2D eigenvalue weighted by Crippen LogP contribution is 2.26. The lowest BCUT2D eigenvalue weighted by Gasteiger charge is -2.22. The van der Waals surface area contributed by atoms with Crippen LogP contribution in [0.4, 0.5) is 10.1 Å². The number of nitrogens with one attached hydrogen (secondary N) is 1. The number of carbonyl (C=O) groups is 2. The van der Waals surface area contributed by atoms with Crippen molar-refractivity contribution in [2.75, 3.05) is 18.9 Å². The van der Waals surface area contributed by atoms with Gasteiger partial charge in [0.05, 0.1) is 16.8 Å². The predicted molar refractivity (Wildman–Crippen MR) is 81.0 cm³/mol. The van der Waals surface area contributed by atoms with Crippen LogP contribution in [-0.2, 0) is 9.59 Å². The van der Waals surface area contributed by atoms with Gasteiger partial charge in [-0.3, -0.25) is 9.59 Å². The Kier molecular flexibility index (Phi) is 5.37. The van der Waals surface area contributed by atoms with E-state index in [0.717, 1.165) is 31.4 Å². The number of halogens is 2. The van der Waals surface area contributed by atoms with Crippen LogP contribution in [0.1, 0.15) is 19.3 Å². The number of benzene rings is 1. The number of rotatable bonds is 3. The molecule has 0 spiro atoms. The van der Waals surface area contributed by atoms with E-state index in [-0.39, 0.29) is 16.6 Å². The number of likely N-dealkylation sites (N-methyl/N-ethyl adjacent to an activating group) is 1. The predicted octanol–water partition coefficient (Wildman–Crippen LogP) is 2.04. The highest BCUT2D eigenvalue weighted by atomic mass is 35.5. The Bertz CT molecular complexity index is 582. The van der Waals surface area contributed by atoms with E-state index >= 15 is 0 Å². The molecule has 0 bridgehead atoms. The quantitative estimate of drug-likeness (QED) is 0.834. The molecule has 2 atom stereocenters. The van der Waals surface area contributed by atoms with E-state index in [2.05, 4.69) is 5.32 Å². The minimum absolute atomic E-state index is 0.00356. The smallest absolute Gasteiger partial charge is 0.313 e. The molecule has 1 aromatic carbocycles. The molecule has 2 amide bonds. The molecule has 0 radical (unpaired) electrons. The van der Waals surface area contributed by atoms with Crippen LogP contribution in [-0.4, -0.2) is 41.5 Å². The first-order valence-corrected chi connectivity index (χ1v) is 7.46. The lowest BCUT2D eigenvalue weighted by Crippen LogP contribution is -2.41. The second kappa shape index (κ2) is 7.07. The van der Waals surface area contributed by atoms with E-state index in [0.29, 0.717) is 6.54 Å². The first kappa shape index (κ1) is 16.7. The van der Waals surface area contributed by atoms with Crippen LogP contribution in [0.25, 0.3) is 0 Å². The van der Waals surface area contributed by atoms with Crippen molar-refractivity contribution in [2.45, 2.75) is 25.4 Å². The summed E-state index contributed by atoms with van der Waals surface area (Å²) in [6.07, 6.45) is 2.06. The fourth-order valence-corrected chi connectivity index (χ4v) is 2.82. The minimum atomic E-state index is -0.844. The molecule has 120 valence electrons. The van der Waals surface area contributed by atoms with Crippen LogP contribution < -0.4 is 5.32 Å². The highest BCUT2D eigenvalue weighted by molar-refractivity contribution is 6.41. The van der Waals surface area contributed by atoms with Gasteiger partial charge < -0.3 is 15.3 Å². The third-order valence-corrected chi connectivity index (χ3v) is 4.16. The monoisotopic (exact) mass is 328 g/mol. The summed E-state index contributed by atoms with van der Waals surface area (Å²) in [5, 5.41) is 12.2. The maximum atomic E-state index is 12.9. The zero-order chi connectivity index (χ0) is 16.3. The Hall–Kier alpha value is -1.66. The zero-order valence-electron chi connectivity index (χ0n) is 12.2. The molecule has 1 aliphatic rings. The molecule has 1 aliphatic carbocycles. The van der Waals surface area contributed by atoms with E-state index in [1.54, 1.807) is 0 Å². The molecule has 2 N–H and O–H groups in total. The number of amides is 2. The summed E-state index contributed by atoms with van der Waals surface area (Å²) in [5.41, 5.74) is 0.177. The molecule has 0 saturated heterocycles. The van der Waals surface area contributed by atoms with Gasteiger partial charge in [0.25, 0.3) is 0 Å². The maximum Gasteiger partial charge on any atom is 0.313 e. The first-order valence-electron chi connectivity index (χ1n) is 7.08. The van der Waals surface area contributed by atoms with Gasteiger partial charge in [-0.15, -0.1) is 0 Å². The number of anilines is 1. The van der Waals surface area contributed by atoms with Crippen molar-refractivity contribution in [3.8, 4) is 0 Å².